The van der Waals surface area contributed by atoms with E-state index >= 15 is 0 Å². The number of thiazole rings is 1. The zero-order valence-electron chi connectivity index (χ0n) is 10.8. The molecule has 2 nitrogen and oxygen atoms in total. The largest absolute Gasteiger partial charge is 0.443 e. The van der Waals surface area contributed by atoms with Gasteiger partial charge in [0.05, 0.1) is 16.1 Å². The number of nitrogens with zero attached hydrogens (tertiary/aromatic N) is 1. The molecule has 0 saturated heterocycles. The molecule has 0 aliphatic rings. The lowest BCUT2D eigenvalue weighted by Gasteiger charge is -2.18. The van der Waals surface area contributed by atoms with Gasteiger partial charge >= 0.3 is 6.18 Å². The van der Waals surface area contributed by atoms with Gasteiger partial charge in [-0.25, -0.2) is 4.98 Å². The third-order valence-electron chi connectivity index (χ3n) is 2.75. The second-order valence-electron chi connectivity index (χ2n) is 4.20. The van der Waals surface area contributed by atoms with Crippen molar-refractivity contribution in [2.24, 2.45) is 0 Å². The van der Waals surface area contributed by atoms with Gasteiger partial charge in [0.1, 0.15) is 0 Å². The van der Waals surface area contributed by atoms with E-state index < -0.39 is 17.2 Å². The van der Waals surface area contributed by atoms with E-state index in [0.717, 1.165) is 0 Å². The average molecular weight is 355 g/mol. The normalized spacial score (nSPS) is 13.4. The highest BCUT2D eigenvalue weighted by Crippen LogP contribution is 2.38. The molecule has 1 aromatic heterocycles. The minimum absolute atomic E-state index is 0.326. The molecule has 1 aromatic carbocycles. The van der Waals surface area contributed by atoms with E-state index in [0.29, 0.717) is 38.4 Å². The summed E-state index contributed by atoms with van der Waals surface area (Å²) < 4.78 is 38.0. The summed E-state index contributed by atoms with van der Waals surface area (Å²) in [5.41, 5.74) is 0.628. The fourth-order valence-corrected chi connectivity index (χ4v) is 3.16. The molecular weight excluding hydrogens is 344 g/mol. The van der Waals surface area contributed by atoms with Gasteiger partial charge in [-0.15, -0.1) is 11.3 Å². The van der Waals surface area contributed by atoms with Crippen molar-refractivity contribution >= 4 is 34.5 Å². The van der Waals surface area contributed by atoms with Crippen LogP contribution in [-0.2, 0) is 6.18 Å². The molecule has 0 spiro atoms. The van der Waals surface area contributed by atoms with Crippen LogP contribution in [-0.4, -0.2) is 11.5 Å². The lowest BCUT2D eigenvalue weighted by molar-refractivity contribution is -0.137. The Balaban J connectivity index is 2.44. The third kappa shape index (κ3) is 3.69. The highest BCUT2D eigenvalue weighted by atomic mass is 35.5. The number of benzene rings is 1. The van der Waals surface area contributed by atoms with Crippen LogP contribution in [0.2, 0.25) is 10.0 Å². The first-order chi connectivity index (χ1) is 9.84. The van der Waals surface area contributed by atoms with Crippen molar-refractivity contribution in [2.45, 2.75) is 19.1 Å². The van der Waals surface area contributed by atoms with Crippen LogP contribution in [0.3, 0.4) is 0 Å². The van der Waals surface area contributed by atoms with E-state index in [2.05, 4.69) is 10.3 Å². The Morgan fingerprint density at radius 1 is 1.33 bits per heavy atom. The van der Waals surface area contributed by atoms with Crippen molar-refractivity contribution in [3.8, 4) is 0 Å². The Bertz CT molecular complexity index is 628. The SMILES string of the molecule is CCNC(c1cnc(C(F)(F)F)s1)c1cccc(Cl)c1Cl. The summed E-state index contributed by atoms with van der Waals surface area (Å²) in [7, 11) is 0. The van der Waals surface area contributed by atoms with Crippen molar-refractivity contribution in [2.75, 3.05) is 6.54 Å². The van der Waals surface area contributed by atoms with Gasteiger partial charge in [0.25, 0.3) is 0 Å². The number of nitrogens with one attached hydrogen (secondary N) is 1. The maximum absolute atomic E-state index is 12.7. The molecule has 1 atom stereocenters. The summed E-state index contributed by atoms with van der Waals surface area (Å²) >= 11 is 12.7. The van der Waals surface area contributed by atoms with Crippen LogP contribution in [0.4, 0.5) is 13.2 Å². The number of alkyl halides is 3. The average Bonchev–Trinajstić information content (AvgIpc) is 2.89. The molecule has 0 aliphatic carbocycles. The summed E-state index contributed by atoms with van der Waals surface area (Å²) in [6, 6.07) is 4.59. The predicted molar refractivity (Wildman–Crippen MR) is 79.1 cm³/mol. The first-order valence-corrected chi connectivity index (χ1v) is 7.62. The van der Waals surface area contributed by atoms with Crippen LogP contribution in [0, 0.1) is 0 Å². The fourth-order valence-electron chi connectivity index (χ4n) is 1.86. The predicted octanol–water partition coefficient (Wildman–Crippen LogP) is 5.17. The minimum Gasteiger partial charge on any atom is -0.306 e. The van der Waals surface area contributed by atoms with Crippen molar-refractivity contribution in [3.63, 3.8) is 0 Å². The van der Waals surface area contributed by atoms with Gasteiger partial charge < -0.3 is 5.32 Å². The fraction of sp³-hybridized carbons (Fsp3) is 0.308. The van der Waals surface area contributed by atoms with Gasteiger partial charge in [-0.05, 0) is 18.2 Å². The van der Waals surface area contributed by atoms with Crippen molar-refractivity contribution in [1.82, 2.24) is 10.3 Å². The minimum atomic E-state index is -4.45. The lowest BCUT2D eigenvalue weighted by Crippen LogP contribution is -2.21. The summed E-state index contributed by atoms with van der Waals surface area (Å²) in [6.07, 6.45) is -3.23. The molecule has 2 aromatic rings. The van der Waals surface area contributed by atoms with Gasteiger partial charge in [-0.1, -0.05) is 42.3 Å². The molecule has 0 saturated carbocycles. The molecule has 0 radical (unpaired) electrons. The van der Waals surface area contributed by atoms with Gasteiger partial charge in [-0.3, -0.25) is 0 Å². The smallest absolute Gasteiger partial charge is 0.306 e. The van der Waals surface area contributed by atoms with E-state index in [1.165, 1.54) is 6.20 Å². The lowest BCUT2D eigenvalue weighted by atomic mass is 10.1. The Morgan fingerprint density at radius 3 is 2.62 bits per heavy atom. The van der Waals surface area contributed by atoms with Crippen LogP contribution in [0.15, 0.2) is 24.4 Å². The highest BCUT2D eigenvalue weighted by molar-refractivity contribution is 7.11. The number of rotatable bonds is 4. The van der Waals surface area contributed by atoms with E-state index in [1.54, 1.807) is 18.2 Å². The quantitative estimate of drug-likeness (QED) is 0.819. The Kier molecular flexibility index (Phi) is 5.14. The molecule has 0 fully saturated rings. The summed E-state index contributed by atoms with van der Waals surface area (Å²) in [6.45, 7) is 2.42. The monoisotopic (exact) mass is 354 g/mol. The summed E-state index contributed by atoms with van der Waals surface area (Å²) in [4.78, 5) is 3.88. The molecule has 0 amide bonds. The Morgan fingerprint density at radius 2 is 2.05 bits per heavy atom. The van der Waals surface area contributed by atoms with Crippen LogP contribution in [0.5, 0.6) is 0 Å². The first kappa shape index (κ1) is 16.5. The van der Waals surface area contributed by atoms with Crippen LogP contribution >= 0.6 is 34.5 Å². The topological polar surface area (TPSA) is 24.9 Å². The molecular formula is C13H11Cl2F3N2S. The van der Waals surface area contributed by atoms with Gasteiger partial charge in [0.2, 0.25) is 0 Å². The van der Waals surface area contributed by atoms with E-state index in [4.69, 9.17) is 23.2 Å². The van der Waals surface area contributed by atoms with Crippen molar-refractivity contribution in [3.05, 3.63) is 49.9 Å². The maximum atomic E-state index is 12.7. The molecule has 0 aliphatic heterocycles. The summed E-state index contributed by atoms with van der Waals surface area (Å²) in [5.74, 6) is 0. The van der Waals surface area contributed by atoms with Crippen LogP contribution in [0.1, 0.15) is 28.4 Å². The van der Waals surface area contributed by atoms with E-state index in [1.807, 2.05) is 6.92 Å². The molecule has 1 N–H and O–H groups in total. The molecule has 114 valence electrons. The van der Waals surface area contributed by atoms with Crippen LogP contribution in [0.25, 0.3) is 0 Å². The second kappa shape index (κ2) is 6.52. The third-order valence-corrected chi connectivity index (χ3v) is 4.69. The van der Waals surface area contributed by atoms with Gasteiger partial charge in [-0.2, -0.15) is 13.2 Å². The highest BCUT2D eigenvalue weighted by Gasteiger charge is 2.35. The zero-order chi connectivity index (χ0) is 15.6. The maximum Gasteiger partial charge on any atom is 0.443 e. The van der Waals surface area contributed by atoms with Crippen molar-refractivity contribution < 1.29 is 13.2 Å². The van der Waals surface area contributed by atoms with E-state index in [9.17, 15) is 13.2 Å². The molecule has 1 unspecified atom stereocenters. The molecule has 21 heavy (non-hydrogen) atoms. The van der Waals surface area contributed by atoms with Gasteiger partial charge in [0, 0.05) is 11.1 Å². The standard InChI is InChI=1S/C13H11Cl2F3N2S/c1-2-19-11(7-4-3-5-8(14)10(7)15)9-6-20-12(21-9)13(16,17)18/h3-6,11,19H,2H2,1H3. The molecule has 1 heterocycles. The zero-order valence-corrected chi connectivity index (χ0v) is 13.2. The Hall–Kier alpha value is -0.820. The number of halogens is 5. The number of hydrogen-bond acceptors (Lipinski definition) is 3. The first-order valence-electron chi connectivity index (χ1n) is 6.04. The molecule has 8 heteroatoms. The van der Waals surface area contributed by atoms with E-state index in [-0.39, 0.29) is 0 Å². The van der Waals surface area contributed by atoms with Crippen molar-refractivity contribution in [1.29, 1.82) is 0 Å². The van der Waals surface area contributed by atoms with Crippen LogP contribution < -0.4 is 5.32 Å². The van der Waals surface area contributed by atoms with Gasteiger partial charge in [0.15, 0.2) is 5.01 Å². The summed E-state index contributed by atoms with van der Waals surface area (Å²) in [5, 5.41) is 2.92. The Labute approximate surface area is 133 Å². The molecule has 2 rings (SSSR count). The molecule has 0 bridgehead atoms. The second-order valence-corrected chi connectivity index (χ2v) is 6.05. The number of aromatic nitrogens is 1. The number of hydrogen-bond donors (Lipinski definition) is 1.